The summed E-state index contributed by atoms with van der Waals surface area (Å²) in [6.45, 7) is 0.312. The molecular weight excluding hydrogens is 536 g/mol. The second kappa shape index (κ2) is 13.6. The highest BCUT2D eigenvalue weighted by Gasteiger charge is 2.24. The molecule has 0 aliphatic carbocycles. The number of methoxy groups -OCH3 is 1. The Bertz CT molecular complexity index is 1420. The predicted molar refractivity (Wildman–Crippen MR) is 147 cm³/mol. The third-order valence-corrected chi connectivity index (χ3v) is 6.73. The zero-order valence-corrected chi connectivity index (χ0v) is 22.7. The number of halogens is 1. The van der Waals surface area contributed by atoms with Crippen molar-refractivity contribution in [3.8, 4) is 5.69 Å². The van der Waals surface area contributed by atoms with Gasteiger partial charge in [-0.15, -0.1) is 5.10 Å². The summed E-state index contributed by atoms with van der Waals surface area (Å²) in [5.74, 6) is -1.83. The zero-order valence-electron chi connectivity index (χ0n) is 21.9. The second-order valence-electron chi connectivity index (χ2n) is 9.32. The largest absolute Gasteiger partial charge is 0.469 e. The minimum absolute atomic E-state index is 0.00334. The monoisotopic (exact) mass is 564 g/mol. The molecule has 2 N–H and O–H groups in total. The number of Topliss-reactive ketones (excluding diaryl/α,β-unsaturated/α-hetero) is 1. The number of tetrazole rings is 1. The molecule has 0 saturated carbocycles. The summed E-state index contributed by atoms with van der Waals surface area (Å²) in [5.41, 5.74) is 2.80. The van der Waals surface area contributed by atoms with Crippen LogP contribution in [0.4, 0.5) is 5.69 Å². The van der Waals surface area contributed by atoms with Crippen LogP contribution in [-0.2, 0) is 32.0 Å². The molecule has 0 spiro atoms. The molecule has 3 aromatic rings. The van der Waals surface area contributed by atoms with Gasteiger partial charge in [-0.2, -0.15) is 0 Å². The maximum Gasteiger partial charge on any atom is 0.309 e. The van der Waals surface area contributed by atoms with E-state index < -0.39 is 11.9 Å². The average Bonchev–Trinajstić information content (AvgIpc) is 3.46. The fourth-order valence-electron chi connectivity index (χ4n) is 4.42. The van der Waals surface area contributed by atoms with Crippen LogP contribution < -0.4 is 10.6 Å². The van der Waals surface area contributed by atoms with Crippen LogP contribution in [0.3, 0.4) is 0 Å². The van der Waals surface area contributed by atoms with Gasteiger partial charge < -0.3 is 15.4 Å². The highest BCUT2D eigenvalue weighted by atomic mass is 35.5. The molecule has 12 heteroatoms. The van der Waals surface area contributed by atoms with Gasteiger partial charge in [-0.3, -0.25) is 19.2 Å². The standard InChI is InChI=1S/C28H29ClN6O5/c1-40-27(38)14-18-7-9-22-23(13-18)32-26(37)6-4-2-3-5-20(16-25(22)36)28(39)30-12-11-19-15-21(29)8-10-24(19)35-17-31-33-34-35/h2-3,7-10,13,15,17,20H,4-6,11-12,14,16H2,1H3,(H,30,39)(H,32,37). The number of ketones is 1. The highest BCUT2D eigenvalue weighted by Crippen LogP contribution is 2.25. The third-order valence-electron chi connectivity index (χ3n) is 6.49. The Morgan fingerprint density at radius 2 is 2.02 bits per heavy atom. The van der Waals surface area contributed by atoms with Gasteiger partial charge in [0.2, 0.25) is 11.8 Å². The van der Waals surface area contributed by atoms with Crippen LogP contribution in [0.2, 0.25) is 5.02 Å². The maximum atomic E-state index is 13.4. The maximum absolute atomic E-state index is 13.4. The van der Waals surface area contributed by atoms with E-state index in [1.807, 2.05) is 12.2 Å². The van der Waals surface area contributed by atoms with E-state index >= 15 is 0 Å². The SMILES string of the molecule is COC(=O)Cc1ccc2c(c1)NC(=O)CCC=CCC(C(=O)NCCc1cc(Cl)ccc1-n1cnnn1)CC2=O. The highest BCUT2D eigenvalue weighted by molar-refractivity contribution is 6.30. The molecule has 208 valence electrons. The average molecular weight is 565 g/mol. The first-order valence-corrected chi connectivity index (χ1v) is 13.2. The Hall–Kier alpha value is -4.38. The summed E-state index contributed by atoms with van der Waals surface area (Å²) >= 11 is 6.19. The number of amides is 2. The van der Waals surface area contributed by atoms with E-state index in [9.17, 15) is 19.2 Å². The van der Waals surface area contributed by atoms with Crippen molar-refractivity contribution in [1.82, 2.24) is 25.5 Å². The number of ether oxygens (including phenoxy) is 1. The molecule has 40 heavy (non-hydrogen) atoms. The molecule has 0 fully saturated rings. The number of esters is 1. The first kappa shape index (κ1) is 28.6. The molecule has 4 rings (SSSR count). The van der Waals surface area contributed by atoms with E-state index in [0.29, 0.717) is 42.1 Å². The number of fused-ring (bicyclic) bond motifs is 1. The smallest absolute Gasteiger partial charge is 0.309 e. The molecule has 2 heterocycles. The first-order valence-electron chi connectivity index (χ1n) is 12.8. The Balaban J connectivity index is 1.48. The number of carbonyl (C=O) groups is 4. The normalized spacial score (nSPS) is 15.8. The van der Waals surface area contributed by atoms with Crippen molar-refractivity contribution < 1.29 is 23.9 Å². The van der Waals surface area contributed by atoms with Gasteiger partial charge in [0.25, 0.3) is 0 Å². The fraction of sp³-hybridized carbons (Fsp3) is 0.321. The van der Waals surface area contributed by atoms with Crippen molar-refractivity contribution >= 4 is 40.9 Å². The number of hydrogen-bond donors (Lipinski definition) is 2. The van der Waals surface area contributed by atoms with Crippen LogP contribution in [0.15, 0.2) is 54.9 Å². The lowest BCUT2D eigenvalue weighted by Gasteiger charge is -2.18. The Kier molecular flexibility index (Phi) is 9.74. The molecule has 2 aromatic carbocycles. The Morgan fingerprint density at radius 3 is 2.80 bits per heavy atom. The lowest BCUT2D eigenvalue weighted by molar-refractivity contribution is -0.139. The topological polar surface area (TPSA) is 145 Å². The van der Waals surface area contributed by atoms with Gasteiger partial charge in [-0.25, -0.2) is 4.68 Å². The lowest BCUT2D eigenvalue weighted by atomic mass is 9.92. The summed E-state index contributed by atoms with van der Waals surface area (Å²) in [4.78, 5) is 50.8. The van der Waals surface area contributed by atoms with Crippen molar-refractivity contribution in [2.24, 2.45) is 5.92 Å². The van der Waals surface area contributed by atoms with Gasteiger partial charge in [-0.1, -0.05) is 29.8 Å². The van der Waals surface area contributed by atoms with E-state index in [-0.39, 0.29) is 42.4 Å². The second-order valence-corrected chi connectivity index (χ2v) is 9.76. The molecule has 1 aromatic heterocycles. The number of nitrogens with zero attached hydrogens (tertiary/aromatic N) is 4. The molecule has 2 amide bonds. The summed E-state index contributed by atoms with van der Waals surface area (Å²) in [6.07, 6.45) is 6.62. The van der Waals surface area contributed by atoms with E-state index in [2.05, 4.69) is 26.2 Å². The van der Waals surface area contributed by atoms with Crippen LogP contribution in [0, 0.1) is 5.92 Å². The number of hydrogen-bond acceptors (Lipinski definition) is 8. The number of nitrogens with one attached hydrogen (secondary N) is 2. The summed E-state index contributed by atoms with van der Waals surface area (Å²) < 4.78 is 6.25. The Morgan fingerprint density at radius 1 is 1.18 bits per heavy atom. The van der Waals surface area contributed by atoms with Crippen LogP contribution in [-0.4, -0.2) is 57.4 Å². The van der Waals surface area contributed by atoms with Gasteiger partial charge >= 0.3 is 5.97 Å². The van der Waals surface area contributed by atoms with Crippen LogP contribution in [0.25, 0.3) is 5.69 Å². The molecule has 11 nitrogen and oxygen atoms in total. The number of carbonyl (C=O) groups excluding carboxylic acids is 4. The molecule has 0 saturated heterocycles. The van der Waals surface area contributed by atoms with Crippen molar-refractivity contribution in [3.05, 3.63) is 76.6 Å². The van der Waals surface area contributed by atoms with Gasteiger partial charge in [0, 0.05) is 35.9 Å². The van der Waals surface area contributed by atoms with Crippen molar-refractivity contribution in [3.63, 3.8) is 0 Å². The number of rotatable bonds is 7. The molecule has 1 atom stereocenters. The number of allylic oxidation sites excluding steroid dienone is 2. The predicted octanol–water partition coefficient (Wildman–Crippen LogP) is 3.26. The lowest BCUT2D eigenvalue weighted by Crippen LogP contribution is -2.33. The molecule has 1 aliphatic rings. The van der Waals surface area contributed by atoms with E-state index in [1.54, 1.807) is 36.4 Å². The number of anilines is 1. The fourth-order valence-corrected chi connectivity index (χ4v) is 4.62. The summed E-state index contributed by atoms with van der Waals surface area (Å²) in [5, 5.41) is 17.6. The van der Waals surface area contributed by atoms with Crippen molar-refractivity contribution in [1.29, 1.82) is 0 Å². The van der Waals surface area contributed by atoms with E-state index in [1.165, 1.54) is 18.1 Å². The molecular formula is C28H29ClN6O5. The van der Waals surface area contributed by atoms with Gasteiger partial charge in [0.05, 0.1) is 24.9 Å². The van der Waals surface area contributed by atoms with Gasteiger partial charge in [0.1, 0.15) is 6.33 Å². The summed E-state index contributed by atoms with van der Waals surface area (Å²) in [7, 11) is 1.29. The van der Waals surface area contributed by atoms with E-state index in [4.69, 9.17) is 16.3 Å². The van der Waals surface area contributed by atoms with Crippen LogP contribution in [0.1, 0.15) is 47.2 Å². The third kappa shape index (κ3) is 7.60. The minimum atomic E-state index is -0.611. The number of benzene rings is 2. The molecule has 0 radical (unpaired) electrons. The number of aromatic nitrogens is 4. The minimum Gasteiger partial charge on any atom is -0.469 e. The molecule has 0 bridgehead atoms. The first-order chi connectivity index (χ1) is 19.3. The van der Waals surface area contributed by atoms with E-state index in [0.717, 1.165) is 11.3 Å². The van der Waals surface area contributed by atoms with Crippen molar-refractivity contribution in [2.45, 2.75) is 38.5 Å². The van der Waals surface area contributed by atoms with Crippen LogP contribution in [0.5, 0.6) is 0 Å². The Labute approximate surface area is 235 Å². The van der Waals surface area contributed by atoms with Gasteiger partial charge in [0.15, 0.2) is 5.78 Å². The summed E-state index contributed by atoms with van der Waals surface area (Å²) in [6, 6.07) is 10.2. The molecule has 1 aliphatic heterocycles. The van der Waals surface area contributed by atoms with Crippen LogP contribution >= 0.6 is 11.6 Å². The van der Waals surface area contributed by atoms with Crippen molar-refractivity contribution in [2.75, 3.05) is 19.0 Å². The van der Waals surface area contributed by atoms with Gasteiger partial charge in [-0.05, 0) is 71.1 Å². The molecule has 1 unspecified atom stereocenters. The quantitative estimate of drug-likeness (QED) is 0.328. The zero-order chi connectivity index (χ0) is 28.5.